The summed E-state index contributed by atoms with van der Waals surface area (Å²) in [4.78, 5) is 11.9. The van der Waals surface area contributed by atoms with Gasteiger partial charge in [-0.2, -0.15) is 0 Å². The van der Waals surface area contributed by atoms with Gasteiger partial charge in [-0.3, -0.25) is 0 Å². The maximum Gasteiger partial charge on any atom is 0.349 e. The number of aryl methyl sites for hydroxylation is 1. The van der Waals surface area contributed by atoms with Gasteiger partial charge in [0, 0.05) is 5.39 Å². The topological polar surface area (TPSA) is 35.5 Å². The van der Waals surface area contributed by atoms with Gasteiger partial charge in [-0.1, -0.05) is 48.5 Å². The van der Waals surface area contributed by atoms with Gasteiger partial charge < -0.3 is 9.47 Å². The summed E-state index contributed by atoms with van der Waals surface area (Å²) in [7, 11) is 0. The Morgan fingerprint density at radius 2 is 1.73 bits per heavy atom. The molecule has 3 aromatic carbocycles. The lowest BCUT2D eigenvalue weighted by Gasteiger charge is -2.09. The minimum Gasteiger partial charge on any atom is -0.481 e. The quantitative estimate of drug-likeness (QED) is 0.535. The molecule has 0 unspecified atom stereocenters. The highest BCUT2D eigenvalue weighted by Crippen LogP contribution is 2.25. The van der Waals surface area contributed by atoms with Crippen LogP contribution in [0.3, 0.4) is 0 Å². The molecule has 0 saturated heterocycles. The van der Waals surface area contributed by atoms with Crippen molar-refractivity contribution in [2.24, 2.45) is 0 Å². The molecule has 0 aromatic heterocycles. The van der Waals surface area contributed by atoms with Crippen LogP contribution < -0.4 is 9.47 Å². The molecule has 0 aliphatic carbocycles. The minimum atomic E-state index is -0.418. The molecule has 0 radical (unpaired) electrons. The van der Waals surface area contributed by atoms with Crippen molar-refractivity contribution in [2.45, 2.75) is 6.92 Å². The summed E-state index contributed by atoms with van der Waals surface area (Å²) < 4.78 is 10.9. The molecule has 0 aliphatic rings. The van der Waals surface area contributed by atoms with E-state index in [1.54, 1.807) is 6.07 Å². The average molecular weight is 292 g/mol. The first-order chi connectivity index (χ1) is 10.7. The Kier molecular flexibility index (Phi) is 4.05. The highest BCUT2D eigenvalue weighted by molar-refractivity contribution is 5.88. The van der Waals surface area contributed by atoms with Crippen molar-refractivity contribution in [3.05, 3.63) is 72.3 Å². The van der Waals surface area contributed by atoms with E-state index in [0.717, 1.165) is 16.3 Å². The van der Waals surface area contributed by atoms with E-state index in [1.807, 2.05) is 67.6 Å². The fraction of sp³-hybridized carbons (Fsp3) is 0.105. The zero-order valence-electron chi connectivity index (χ0n) is 12.3. The number of carbonyl (C=O) groups is 1. The van der Waals surface area contributed by atoms with Gasteiger partial charge >= 0.3 is 5.97 Å². The Balaban J connectivity index is 1.68. The van der Waals surface area contributed by atoms with E-state index in [9.17, 15) is 4.79 Å². The van der Waals surface area contributed by atoms with Crippen LogP contribution in [0.5, 0.6) is 11.5 Å². The van der Waals surface area contributed by atoms with Crippen molar-refractivity contribution in [2.75, 3.05) is 6.61 Å². The Labute approximate surface area is 129 Å². The summed E-state index contributed by atoms with van der Waals surface area (Å²) in [6.45, 7) is 1.83. The number of rotatable bonds is 4. The van der Waals surface area contributed by atoms with Crippen LogP contribution in [-0.2, 0) is 4.79 Å². The largest absolute Gasteiger partial charge is 0.481 e. The molecule has 0 N–H and O–H groups in total. The predicted octanol–water partition coefficient (Wildman–Crippen LogP) is 4.13. The highest BCUT2D eigenvalue weighted by Gasteiger charge is 2.08. The summed E-state index contributed by atoms with van der Waals surface area (Å²) in [5.74, 6) is 0.796. The second-order valence-corrected chi connectivity index (χ2v) is 5.06. The summed E-state index contributed by atoms with van der Waals surface area (Å²) >= 11 is 0. The molecule has 0 heterocycles. The third-order valence-electron chi connectivity index (χ3n) is 3.32. The highest BCUT2D eigenvalue weighted by atomic mass is 16.6. The Morgan fingerprint density at radius 1 is 0.955 bits per heavy atom. The van der Waals surface area contributed by atoms with E-state index >= 15 is 0 Å². The molecule has 0 atom stereocenters. The van der Waals surface area contributed by atoms with Crippen molar-refractivity contribution < 1.29 is 14.3 Å². The molecule has 22 heavy (non-hydrogen) atoms. The average Bonchev–Trinajstić information content (AvgIpc) is 2.53. The van der Waals surface area contributed by atoms with Crippen LogP contribution >= 0.6 is 0 Å². The van der Waals surface area contributed by atoms with Crippen molar-refractivity contribution >= 4 is 16.7 Å². The SMILES string of the molecule is Cc1cccc(OC(=O)COc2cccc3ccccc23)c1. The van der Waals surface area contributed by atoms with Gasteiger partial charge in [0.05, 0.1) is 0 Å². The molecule has 0 amide bonds. The van der Waals surface area contributed by atoms with Crippen molar-refractivity contribution in [3.63, 3.8) is 0 Å². The van der Waals surface area contributed by atoms with Crippen LogP contribution in [0.2, 0.25) is 0 Å². The molecule has 110 valence electrons. The van der Waals surface area contributed by atoms with Gasteiger partial charge in [-0.15, -0.1) is 0 Å². The first kappa shape index (κ1) is 14.1. The van der Waals surface area contributed by atoms with E-state index < -0.39 is 5.97 Å². The van der Waals surface area contributed by atoms with Crippen LogP contribution in [0.25, 0.3) is 10.8 Å². The maximum atomic E-state index is 11.9. The van der Waals surface area contributed by atoms with E-state index in [0.29, 0.717) is 11.5 Å². The zero-order valence-corrected chi connectivity index (χ0v) is 12.3. The monoisotopic (exact) mass is 292 g/mol. The Morgan fingerprint density at radius 3 is 2.59 bits per heavy atom. The van der Waals surface area contributed by atoms with Crippen LogP contribution in [0, 0.1) is 6.92 Å². The number of fused-ring (bicyclic) bond motifs is 1. The van der Waals surface area contributed by atoms with Gasteiger partial charge in [0.25, 0.3) is 0 Å². The minimum absolute atomic E-state index is 0.123. The van der Waals surface area contributed by atoms with Gasteiger partial charge in [-0.05, 0) is 36.1 Å². The van der Waals surface area contributed by atoms with Crippen molar-refractivity contribution in [3.8, 4) is 11.5 Å². The fourth-order valence-electron chi connectivity index (χ4n) is 2.30. The van der Waals surface area contributed by atoms with Crippen LogP contribution in [0.15, 0.2) is 66.7 Å². The first-order valence-electron chi connectivity index (χ1n) is 7.10. The van der Waals surface area contributed by atoms with E-state index in [-0.39, 0.29) is 6.61 Å². The molecule has 0 spiro atoms. The van der Waals surface area contributed by atoms with E-state index in [2.05, 4.69) is 0 Å². The summed E-state index contributed by atoms with van der Waals surface area (Å²) in [5, 5.41) is 2.06. The normalized spacial score (nSPS) is 10.4. The maximum absolute atomic E-state index is 11.9. The molecule has 3 rings (SSSR count). The molecular weight excluding hydrogens is 276 g/mol. The second kappa shape index (κ2) is 6.31. The number of carbonyl (C=O) groups excluding carboxylic acids is 1. The van der Waals surface area contributed by atoms with Crippen LogP contribution in [0.1, 0.15) is 5.56 Å². The van der Waals surface area contributed by atoms with Crippen molar-refractivity contribution in [1.29, 1.82) is 0 Å². The number of hydrogen-bond acceptors (Lipinski definition) is 3. The summed E-state index contributed by atoms with van der Waals surface area (Å²) in [5.41, 5.74) is 1.04. The molecule has 0 aliphatic heterocycles. The smallest absolute Gasteiger partial charge is 0.349 e. The van der Waals surface area contributed by atoms with Gasteiger partial charge in [0.2, 0.25) is 0 Å². The first-order valence-corrected chi connectivity index (χ1v) is 7.10. The van der Waals surface area contributed by atoms with Gasteiger partial charge in [-0.25, -0.2) is 4.79 Å². The molecule has 0 bridgehead atoms. The van der Waals surface area contributed by atoms with E-state index in [1.165, 1.54) is 0 Å². The number of esters is 1. The number of ether oxygens (including phenoxy) is 2. The van der Waals surface area contributed by atoms with Crippen LogP contribution in [0.4, 0.5) is 0 Å². The molecule has 3 aromatic rings. The Bertz CT molecular complexity index is 803. The molecule has 0 fully saturated rings. The van der Waals surface area contributed by atoms with Gasteiger partial charge in [0.15, 0.2) is 6.61 Å². The lowest BCUT2D eigenvalue weighted by molar-refractivity contribution is -0.136. The standard InChI is InChI=1S/C19H16O3/c1-14-6-4-9-16(12-14)22-19(20)13-21-18-11-5-8-15-7-2-3-10-17(15)18/h2-12H,13H2,1H3. The lowest BCUT2D eigenvalue weighted by Crippen LogP contribution is -2.17. The Hall–Kier alpha value is -2.81. The van der Waals surface area contributed by atoms with E-state index in [4.69, 9.17) is 9.47 Å². The molecule has 3 nitrogen and oxygen atoms in total. The second-order valence-electron chi connectivity index (χ2n) is 5.06. The summed E-state index contributed by atoms with van der Waals surface area (Å²) in [6, 6.07) is 21.0. The van der Waals surface area contributed by atoms with Gasteiger partial charge in [0.1, 0.15) is 11.5 Å². The third-order valence-corrected chi connectivity index (χ3v) is 3.32. The zero-order chi connectivity index (χ0) is 15.4. The third kappa shape index (κ3) is 3.26. The summed E-state index contributed by atoms with van der Waals surface area (Å²) in [6.07, 6.45) is 0. The molecule has 3 heteroatoms. The number of benzene rings is 3. The lowest BCUT2D eigenvalue weighted by atomic mass is 10.1. The number of hydrogen-bond donors (Lipinski definition) is 0. The predicted molar refractivity (Wildman–Crippen MR) is 86.3 cm³/mol. The fourth-order valence-corrected chi connectivity index (χ4v) is 2.30. The van der Waals surface area contributed by atoms with Crippen molar-refractivity contribution in [1.82, 2.24) is 0 Å². The van der Waals surface area contributed by atoms with Crippen LogP contribution in [-0.4, -0.2) is 12.6 Å². The molecular formula is C19H16O3. The molecule has 0 saturated carbocycles.